The molecule has 2 aromatic rings. The third-order valence-electron chi connectivity index (χ3n) is 5.53. The minimum atomic E-state index is -0.0481. The second-order valence-electron chi connectivity index (χ2n) is 7.69. The van der Waals surface area contributed by atoms with Crippen molar-refractivity contribution in [2.45, 2.75) is 76.9 Å². The van der Waals surface area contributed by atoms with Gasteiger partial charge in [-0.25, -0.2) is 0 Å². The number of hydrogen-bond acceptors (Lipinski definition) is 3. The number of hydrogen-bond donors (Lipinski definition) is 0. The molecule has 0 N–H and O–H groups in total. The molecule has 0 aromatic heterocycles. The van der Waals surface area contributed by atoms with E-state index in [0.717, 1.165) is 49.8 Å². The van der Waals surface area contributed by atoms with E-state index in [1.54, 1.807) is 0 Å². The maximum Gasteiger partial charge on any atom is 0.306 e. The van der Waals surface area contributed by atoms with Gasteiger partial charge < -0.3 is 9.47 Å². The predicted molar refractivity (Wildman–Crippen MR) is 112 cm³/mol. The average molecular weight is 381 g/mol. The summed E-state index contributed by atoms with van der Waals surface area (Å²) in [6.45, 7) is 2.70. The van der Waals surface area contributed by atoms with Gasteiger partial charge in [-0.3, -0.25) is 4.79 Å². The normalized spacial score (nSPS) is 19.2. The first kappa shape index (κ1) is 20.4. The Morgan fingerprint density at radius 3 is 2.54 bits per heavy atom. The van der Waals surface area contributed by atoms with Crippen LogP contribution in [0.2, 0.25) is 0 Å². The molecule has 1 aliphatic carbocycles. The zero-order chi connectivity index (χ0) is 19.6. The molecule has 3 heteroatoms. The molecule has 1 aliphatic rings. The molecule has 0 amide bonds. The molecule has 0 bridgehead atoms. The van der Waals surface area contributed by atoms with Gasteiger partial charge in [-0.2, -0.15) is 0 Å². The first-order chi connectivity index (χ1) is 13.8. The number of carbonyl (C=O) groups is 1. The number of unbranched alkanes of at least 4 members (excludes halogenated alkanes) is 2. The van der Waals surface area contributed by atoms with Crippen molar-refractivity contribution >= 4 is 5.97 Å². The van der Waals surface area contributed by atoms with E-state index in [2.05, 4.69) is 31.2 Å². The SMILES string of the molecule is CCCCCC(=O)OC1CCCCC1c1ccccc1OCc1ccccc1. The quantitative estimate of drug-likeness (QED) is 0.372. The molecule has 150 valence electrons. The van der Waals surface area contributed by atoms with Crippen LogP contribution < -0.4 is 4.74 Å². The molecule has 0 radical (unpaired) electrons. The summed E-state index contributed by atoms with van der Waals surface area (Å²) in [5, 5.41) is 0. The van der Waals surface area contributed by atoms with Gasteiger partial charge in [-0.1, -0.05) is 74.7 Å². The van der Waals surface area contributed by atoms with Gasteiger partial charge in [-0.05, 0) is 37.3 Å². The lowest BCUT2D eigenvalue weighted by atomic mass is 9.81. The van der Waals surface area contributed by atoms with Crippen LogP contribution in [0.15, 0.2) is 54.6 Å². The van der Waals surface area contributed by atoms with Crippen LogP contribution in [-0.4, -0.2) is 12.1 Å². The van der Waals surface area contributed by atoms with Crippen molar-refractivity contribution in [3.8, 4) is 5.75 Å². The van der Waals surface area contributed by atoms with Gasteiger partial charge in [0.05, 0.1) is 0 Å². The van der Waals surface area contributed by atoms with E-state index < -0.39 is 0 Å². The Labute approximate surface area is 169 Å². The van der Waals surface area contributed by atoms with Crippen molar-refractivity contribution in [3.63, 3.8) is 0 Å². The largest absolute Gasteiger partial charge is 0.489 e. The van der Waals surface area contributed by atoms with Crippen LogP contribution >= 0.6 is 0 Å². The van der Waals surface area contributed by atoms with Crippen molar-refractivity contribution in [3.05, 3.63) is 65.7 Å². The van der Waals surface area contributed by atoms with Crippen molar-refractivity contribution in [1.29, 1.82) is 0 Å². The van der Waals surface area contributed by atoms with Gasteiger partial charge in [0.15, 0.2) is 0 Å². The van der Waals surface area contributed by atoms with Gasteiger partial charge in [0.25, 0.3) is 0 Å². The molecule has 3 nitrogen and oxygen atoms in total. The second kappa shape index (κ2) is 10.9. The summed E-state index contributed by atoms with van der Waals surface area (Å²) in [5.74, 6) is 1.08. The van der Waals surface area contributed by atoms with Crippen LogP contribution in [0.5, 0.6) is 5.75 Å². The standard InChI is InChI=1S/C25H32O3/c1-2-3-5-18-25(26)28-24-17-11-9-15-22(24)21-14-8-10-16-23(21)27-19-20-12-6-4-7-13-20/h4,6-8,10,12-14,16,22,24H,2-3,5,9,11,15,17-19H2,1H3. The molecule has 1 fully saturated rings. The third kappa shape index (κ3) is 5.85. The van der Waals surface area contributed by atoms with Gasteiger partial charge in [0, 0.05) is 17.9 Å². The number of ether oxygens (including phenoxy) is 2. The first-order valence-electron chi connectivity index (χ1n) is 10.7. The Morgan fingerprint density at radius 2 is 1.71 bits per heavy atom. The highest BCUT2D eigenvalue weighted by Gasteiger charge is 2.31. The van der Waals surface area contributed by atoms with Gasteiger partial charge in [0.1, 0.15) is 18.5 Å². The smallest absolute Gasteiger partial charge is 0.306 e. The second-order valence-corrected chi connectivity index (χ2v) is 7.69. The fraction of sp³-hybridized carbons (Fsp3) is 0.480. The zero-order valence-electron chi connectivity index (χ0n) is 16.9. The lowest BCUT2D eigenvalue weighted by Crippen LogP contribution is -2.29. The Bertz CT molecular complexity index is 726. The molecule has 2 atom stereocenters. The highest BCUT2D eigenvalue weighted by molar-refractivity contribution is 5.69. The van der Waals surface area contributed by atoms with Crippen LogP contribution in [-0.2, 0) is 16.1 Å². The molecule has 0 aliphatic heterocycles. The number of benzene rings is 2. The Morgan fingerprint density at radius 1 is 0.964 bits per heavy atom. The molecule has 3 rings (SSSR count). The van der Waals surface area contributed by atoms with Crippen LogP contribution in [0.25, 0.3) is 0 Å². The molecule has 2 aromatic carbocycles. The lowest BCUT2D eigenvalue weighted by molar-refractivity contribution is -0.151. The summed E-state index contributed by atoms with van der Waals surface area (Å²) in [7, 11) is 0. The van der Waals surface area contributed by atoms with Crippen LogP contribution in [0, 0.1) is 0 Å². The molecule has 0 saturated heterocycles. The fourth-order valence-corrected chi connectivity index (χ4v) is 3.99. The van der Waals surface area contributed by atoms with E-state index in [-0.39, 0.29) is 18.0 Å². The Balaban J connectivity index is 1.68. The Kier molecular flexibility index (Phi) is 7.95. The number of para-hydroxylation sites is 1. The molecule has 0 heterocycles. The lowest BCUT2D eigenvalue weighted by Gasteiger charge is -2.32. The van der Waals surface area contributed by atoms with Crippen LogP contribution in [0.3, 0.4) is 0 Å². The fourth-order valence-electron chi connectivity index (χ4n) is 3.99. The zero-order valence-corrected chi connectivity index (χ0v) is 16.9. The van der Waals surface area contributed by atoms with Crippen LogP contribution in [0.4, 0.5) is 0 Å². The third-order valence-corrected chi connectivity index (χ3v) is 5.53. The minimum Gasteiger partial charge on any atom is -0.489 e. The van der Waals surface area contributed by atoms with Crippen molar-refractivity contribution in [1.82, 2.24) is 0 Å². The Hall–Kier alpha value is -2.29. The molecule has 0 spiro atoms. The number of carbonyl (C=O) groups excluding carboxylic acids is 1. The molecular weight excluding hydrogens is 348 g/mol. The van der Waals surface area contributed by atoms with Crippen molar-refractivity contribution in [2.75, 3.05) is 0 Å². The minimum absolute atomic E-state index is 0.0376. The monoisotopic (exact) mass is 380 g/mol. The van der Waals surface area contributed by atoms with Crippen molar-refractivity contribution in [2.24, 2.45) is 0 Å². The van der Waals surface area contributed by atoms with Crippen LogP contribution in [0.1, 0.15) is 75.3 Å². The predicted octanol–water partition coefficient (Wildman–Crippen LogP) is 6.42. The summed E-state index contributed by atoms with van der Waals surface area (Å²) in [4.78, 5) is 12.3. The van der Waals surface area contributed by atoms with Crippen molar-refractivity contribution < 1.29 is 14.3 Å². The van der Waals surface area contributed by atoms with E-state index in [1.165, 1.54) is 12.0 Å². The summed E-state index contributed by atoms with van der Waals surface area (Å²) in [6, 6.07) is 18.5. The van der Waals surface area contributed by atoms with Gasteiger partial charge in [-0.15, -0.1) is 0 Å². The molecule has 28 heavy (non-hydrogen) atoms. The highest BCUT2D eigenvalue weighted by Crippen LogP contribution is 2.39. The summed E-state index contributed by atoms with van der Waals surface area (Å²) in [6.07, 6.45) is 7.88. The summed E-state index contributed by atoms with van der Waals surface area (Å²) < 4.78 is 12.1. The first-order valence-corrected chi connectivity index (χ1v) is 10.7. The molecule has 2 unspecified atom stereocenters. The van der Waals surface area contributed by atoms with E-state index in [4.69, 9.17) is 9.47 Å². The van der Waals surface area contributed by atoms with Gasteiger partial charge in [0.2, 0.25) is 0 Å². The van der Waals surface area contributed by atoms with E-state index in [0.29, 0.717) is 13.0 Å². The number of esters is 1. The summed E-state index contributed by atoms with van der Waals surface area (Å²) >= 11 is 0. The highest BCUT2D eigenvalue weighted by atomic mass is 16.5. The van der Waals surface area contributed by atoms with E-state index >= 15 is 0 Å². The van der Waals surface area contributed by atoms with E-state index in [1.807, 2.05) is 30.3 Å². The maximum atomic E-state index is 12.3. The molecule has 1 saturated carbocycles. The molecular formula is C25H32O3. The average Bonchev–Trinajstić information content (AvgIpc) is 2.74. The van der Waals surface area contributed by atoms with E-state index in [9.17, 15) is 4.79 Å². The summed E-state index contributed by atoms with van der Waals surface area (Å²) in [5.41, 5.74) is 2.32. The maximum absolute atomic E-state index is 12.3. The number of rotatable bonds is 9. The van der Waals surface area contributed by atoms with Gasteiger partial charge >= 0.3 is 5.97 Å². The topological polar surface area (TPSA) is 35.5 Å².